The SMILES string of the molecule is COc1c2c(cc3c1OCO3)[C@]13C=C[C@H](O)C[C@@H]1N(CC3)C2. The van der Waals surface area contributed by atoms with Crippen LogP contribution in [0, 0.1) is 0 Å². The summed E-state index contributed by atoms with van der Waals surface area (Å²) in [5.74, 6) is 2.33. The van der Waals surface area contributed by atoms with Crippen molar-refractivity contribution < 1.29 is 19.3 Å². The van der Waals surface area contributed by atoms with E-state index in [0.29, 0.717) is 6.04 Å². The molecule has 4 atom stereocenters. The van der Waals surface area contributed by atoms with Gasteiger partial charge in [0.25, 0.3) is 0 Å². The quantitative estimate of drug-likeness (QED) is 0.798. The second-order valence-corrected chi connectivity index (χ2v) is 6.61. The minimum Gasteiger partial charge on any atom is -0.492 e. The highest BCUT2D eigenvalue weighted by molar-refractivity contribution is 5.64. The van der Waals surface area contributed by atoms with Crippen LogP contribution in [-0.2, 0) is 12.0 Å². The van der Waals surface area contributed by atoms with E-state index < -0.39 is 0 Å². The molecule has 22 heavy (non-hydrogen) atoms. The fourth-order valence-corrected chi connectivity index (χ4v) is 4.76. The van der Waals surface area contributed by atoms with Gasteiger partial charge in [0.2, 0.25) is 12.5 Å². The summed E-state index contributed by atoms with van der Waals surface area (Å²) in [4.78, 5) is 2.47. The Morgan fingerprint density at radius 2 is 2.32 bits per heavy atom. The van der Waals surface area contributed by atoms with Crippen LogP contribution < -0.4 is 14.2 Å². The van der Waals surface area contributed by atoms with Crippen LogP contribution in [-0.4, -0.2) is 42.6 Å². The second-order valence-electron chi connectivity index (χ2n) is 6.61. The maximum absolute atomic E-state index is 10.0. The fraction of sp³-hybridized carbons (Fsp3) is 0.529. The van der Waals surface area contributed by atoms with Gasteiger partial charge >= 0.3 is 0 Å². The Kier molecular flexibility index (Phi) is 2.43. The molecule has 1 aromatic carbocycles. The van der Waals surface area contributed by atoms with E-state index in [-0.39, 0.29) is 18.3 Å². The number of rotatable bonds is 1. The average molecular weight is 301 g/mol. The van der Waals surface area contributed by atoms with Crippen LogP contribution in [0.3, 0.4) is 0 Å². The molecule has 1 fully saturated rings. The van der Waals surface area contributed by atoms with Crippen molar-refractivity contribution in [1.82, 2.24) is 4.90 Å². The van der Waals surface area contributed by atoms with Crippen molar-refractivity contribution in [2.45, 2.75) is 36.9 Å². The number of ether oxygens (including phenoxy) is 3. The smallest absolute Gasteiger partial charge is 0.231 e. The molecule has 3 heterocycles. The number of hydrogen-bond donors (Lipinski definition) is 1. The van der Waals surface area contributed by atoms with E-state index in [9.17, 15) is 5.11 Å². The normalized spacial score (nSPS) is 36.9. The zero-order valence-electron chi connectivity index (χ0n) is 12.5. The van der Waals surface area contributed by atoms with Crippen molar-refractivity contribution in [2.24, 2.45) is 0 Å². The molecule has 5 rings (SSSR count). The number of aliphatic hydroxyl groups excluding tert-OH is 1. The standard InChI is InChI=1S/C17H19NO4/c1-20-15-11-8-18-5-4-17(3-2-10(19)6-14(17)18)12(11)7-13-16(15)22-9-21-13/h2-3,7,10,14,19H,4-6,8-9H2,1H3/t10-,14-,17+/m0/s1. The molecule has 0 saturated carbocycles. The number of aliphatic hydroxyl groups is 1. The Morgan fingerprint density at radius 1 is 1.41 bits per heavy atom. The summed E-state index contributed by atoms with van der Waals surface area (Å²) in [6.45, 7) is 2.15. The van der Waals surface area contributed by atoms with Crippen LogP contribution in [0.5, 0.6) is 17.2 Å². The molecule has 4 aliphatic rings. The lowest BCUT2D eigenvalue weighted by molar-refractivity contribution is 0.109. The van der Waals surface area contributed by atoms with E-state index in [1.54, 1.807) is 7.11 Å². The molecular weight excluding hydrogens is 282 g/mol. The van der Waals surface area contributed by atoms with Gasteiger partial charge in [0, 0.05) is 30.1 Å². The van der Waals surface area contributed by atoms with Gasteiger partial charge in [0.15, 0.2) is 11.5 Å². The maximum Gasteiger partial charge on any atom is 0.231 e. The molecule has 1 unspecified atom stereocenters. The zero-order valence-corrected chi connectivity index (χ0v) is 12.5. The fourth-order valence-electron chi connectivity index (χ4n) is 4.76. The summed E-state index contributed by atoms with van der Waals surface area (Å²) in [7, 11) is 1.69. The third-order valence-corrected chi connectivity index (χ3v) is 5.72. The zero-order chi connectivity index (χ0) is 14.9. The largest absolute Gasteiger partial charge is 0.492 e. The van der Waals surface area contributed by atoms with Gasteiger partial charge in [0.1, 0.15) is 0 Å². The summed E-state index contributed by atoms with van der Waals surface area (Å²) < 4.78 is 16.9. The highest BCUT2D eigenvalue weighted by Crippen LogP contribution is 2.56. The van der Waals surface area contributed by atoms with Crippen LogP contribution in [0.15, 0.2) is 18.2 Å². The summed E-state index contributed by atoms with van der Waals surface area (Å²) >= 11 is 0. The predicted octanol–water partition coefficient (Wildman–Crippen LogP) is 1.57. The van der Waals surface area contributed by atoms with E-state index in [4.69, 9.17) is 14.2 Å². The number of nitrogens with zero attached hydrogens (tertiary/aromatic N) is 1. The first-order valence-corrected chi connectivity index (χ1v) is 7.84. The molecule has 1 aromatic rings. The molecular formula is C17H19NO4. The molecule has 0 radical (unpaired) electrons. The second kappa shape index (κ2) is 4.18. The minimum absolute atomic E-state index is 0.0267. The molecule has 0 spiro atoms. The van der Waals surface area contributed by atoms with Gasteiger partial charge in [-0.1, -0.05) is 12.2 Å². The van der Waals surface area contributed by atoms with E-state index >= 15 is 0 Å². The number of methoxy groups -OCH3 is 1. The summed E-state index contributed by atoms with van der Waals surface area (Å²) in [6, 6.07) is 2.50. The number of hydrogen-bond acceptors (Lipinski definition) is 5. The molecule has 1 aliphatic carbocycles. The van der Waals surface area contributed by atoms with E-state index in [0.717, 1.165) is 43.2 Å². The molecule has 5 nitrogen and oxygen atoms in total. The van der Waals surface area contributed by atoms with Crippen molar-refractivity contribution >= 4 is 0 Å². The van der Waals surface area contributed by atoms with Crippen molar-refractivity contribution in [3.63, 3.8) is 0 Å². The minimum atomic E-state index is -0.337. The van der Waals surface area contributed by atoms with Crippen molar-refractivity contribution in [3.05, 3.63) is 29.3 Å². The first kappa shape index (κ1) is 12.8. The highest BCUT2D eigenvalue weighted by Gasteiger charge is 2.54. The van der Waals surface area contributed by atoms with Gasteiger partial charge in [-0.15, -0.1) is 0 Å². The van der Waals surface area contributed by atoms with E-state index in [1.165, 1.54) is 11.1 Å². The van der Waals surface area contributed by atoms with Gasteiger partial charge in [-0.3, -0.25) is 4.90 Å². The third kappa shape index (κ3) is 1.41. The Labute approximate surface area is 129 Å². The Bertz CT molecular complexity index is 686. The van der Waals surface area contributed by atoms with Gasteiger partial charge in [0.05, 0.1) is 13.2 Å². The summed E-state index contributed by atoms with van der Waals surface area (Å²) in [5.41, 5.74) is 2.47. The maximum atomic E-state index is 10.0. The van der Waals surface area contributed by atoms with Crippen LogP contribution in [0.1, 0.15) is 24.0 Å². The summed E-state index contributed by atoms with van der Waals surface area (Å²) in [5, 5.41) is 10.0. The third-order valence-electron chi connectivity index (χ3n) is 5.72. The van der Waals surface area contributed by atoms with Gasteiger partial charge in [-0.2, -0.15) is 0 Å². The van der Waals surface area contributed by atoms with Crippen LogP contribution in [0.4, 0.5) is 0 Å². The van der Waals surface area contributed by atoms with E-state index in [2.05, 4.69) is 17.0 Å². The molecule has 3 aliphatic heterocycles. The van der Waals surface area contributed by atoms with Gasteiger partial charge < -0.3 is 19.3 Å². The predicted molar refractivity (Wildman–Crippen MR) is 79.4 cm³/mol. The molecule has 2 bridgehead atoms. The Balaban J connectivity index is 1.77. The van der Waals surface area contributed by atoms with Crippen LogP contribution in [0.25, 0.3) is 0 Å². The lowest BCUT2D eigenvalue weighted by Crippen LogP contribution is -2.49. The molecule has 116 valence electrons. The van der Waals surface area contributed by atoms with Crippen molar-refractivity contribution in [3.8, 4) is 17.2 Å². The molecule has 5 heteroatoms. The van der Waals surface area contributed by atoms with Crippen LogP contribution in [0.2, 0.25) is 0 Å². The molecule has 0 aromatic heterocycles. The number of fused-ring (bicyclic) bond motifs is 2. The van der Waals surface area contributed by atoms with Crippen molar-refractivity contribution in [1.29, 1.82) is 0 Å². The number of benzene rings is 1. The lowest BCUT2D eigenvalue weighted by Gasteiger charge is -2.45. The highest BCUT2D eigenvalue weighted by atomic mass is 16.7. The van der Waals surface area contributed by atoms with Gasteiger partial charge in [-0.05, 0) is 24.5 Å². The molecule has 1 saturated heterocycles. The molecule has 0 amide bonds. The average Bonchev–Trinajstić information content (AvgIpc) is 3.08. The first-order valence-electron chi connectivity index (χ1n) is 7.84. The lowest BCUT2D eigenvalue weighted by atomic mass is 9.66. The van der Waals surface area contributed by atoms with Gasteiger partial charge in [-0.25, -0.2) is 0 Å². The topological polar surface area (TPSA) is 51.2 Å². The van der Waals surface area contributed by atoms with Crippen LogP contribution >= 0.6 is 0 Å². The van der Waals surface area contributed by atoms with E-state index in [1.807, 2.05) is 6.08 Å². The Hall–Kier alpha value is -1.72. The summed E-state index contributed by atoms with van der Waals surface area (Å²) in [6.07, 6.45) is 5.71. The Morgan fingerprint density at radius 3 is 3.18 bits per heavy atom. The molecule has 1 N–H and O–H groups in total. The first-order chi connectivity index (χ1) is 10.7. The monoisotopic (exact) mass is 301 g/mol. The van der Waals surface area contributed by atoms with Crippen molar-refractivity contribution in [2.75, 3.05) is 20.4 Å².